The number of hydrogen-bond acceptors (Lipinski definition) is 3. The van der Waals surface area contributed by atoms with E-state index in [1.54, 1.807) is 16.8 Å². The first-order valence-corrected chi connectivity index (χ1v) is 9.70. The molecule has 2 heterocycles. The molecule has 5 nitrogen and oxygen atoms in total. The highest BCUT2D eigenvalue weighted by atomic mass is 19.1. The minimum Gasteiger partial charge on any atom is -0.322 e. The van der Waals surface area contributed by atoms with E-state index < -0.39 is 0 Å². The van der Waals surface area contributed by atoms with Gasteiger partial charge < -0.3 is 4.90 Å². The number of nitrogens with zero attached hydrogens (tertiary/aromatic N) is 4. The van der Waals surface area contributed by atoms with E-state index in [1.807, 2.05) is 12.1 Å². The molecule has 0 amide bonds. The Morgan fingerprint density at radius 1 is 1.00 bits per heavy atom. The minimum absolute atomic E-state index is 0.0662. The maximum Gasteiger partial charge on any atom is 0.214 e. The molecule has 0 bridgehead atoms. The van der Waals surface area contributed by atoms with Crippen LogP contribution in [0.5, 0.6) is 0 Å². The van der Waals surface area contributed by atoms with Crippen LogP contribution in [0.1, 0.15) is 42.8 Å². The molecule has 1 aliphatic rings. The van der Waals surface area contributed by atoms with Gasteiger partial charge in [0.25, 0.3) is 0 Å². The Morgan fingerprint density at radius 3 is 2.25 bits per heavy atom. The van der Waals surface area contributed by atoms with Crippen LogP contribution in [0.2, 0.25) is 0 Å². The number of benzene rings is 2. The molecule has 1 saturated heterocycles. The molecule has 2 aromatic carbocycles. The number of rotatable bonds is 5. The van der Waals surface area contributed by atoms with E-state index in [0.717, 1.165) is 42.9 Å². The molecule has 28 heavy (non-hydrogen) atoms. The number of piperidine rings is 1. The van der Waals surface area contributed by atoms with E-state index in [2.05, 4.69) is 22.4 Å². The van der Waals surface area contributed by atoms with Gasteiger partial charge in [-0.25, -0.2) is 13.5 Å². The number of quaternary nitrogens is 1. The van der Waals surface area contributed by atoms with Crippen LogP contribution in [0.3, 0.4) is 0 Å². The number of halogens is 2. The van der Waals surface area contributed by atoms with Crippen molar-refractivity contribution in [3.63, 3.8) is 0 Å². The zero-order valence-electron chi connectivity index (χ0n) is 15.9. The Kier molecular flexibility index (Phi) is 5.43. The van der Waals surface area contributed by atoms with E-state index in [9.17, 15) is 8.78 Å². The SMILES string of the molecule is CC1CC[NH+]([C@@H](c2ccc(F)cc2)c2nnnn2Cc2ccc(F)cc2)CC1. The van der Waals surface area contributed by atoms with Crippen molar-refractivity contribution < 1.29 is 13.7 Å². The summed E-state index contributed by atoms with van der Waals surface area (Å²) >= 11 is 0. The third kappa shape index (κ3) is 4.09. The Labute approximate surface area is 163 Å². The maximum absolute atomic E-state index is 13.5. The van der Waals surface area contributed by atoms with Crippen LogP contribution < -0.4 is 4.90 Å². The molecule has 0 spiro atoms. The first-order valence-electron chi connectivity index (χ1n) is 9.70. The first kappa shape index (κ1) is 18.7. The summed E-state index contributed by atoms with van der Waals surface area (Å²) < 4.78 is 28.5. The molecule has 1 N–H and O–H groups in total. The van der Waals surface area contributed by atoms with E-state index in [0.29, 0.717) is 12.5 Å². The van der Waals surface area contributed by atoms with Crippen LogP contribution in [0.15, 0.2) is 48.5 Å². The lowest BCUT2D eigenvalue weighted by Gasteiger charge is -2.33. The van der Waals surface area contributed by atoms with Crippen molar-refractivity contribution in [2.75, 3.05) is 13.1 Å². The van der Waals surface area contributed by atoms with Crippen LogP contribution in [0.25, 0.3) is 0 Å². The largest absolute Gasteiger partial charge is 0.322 e. The molecule has 7 heteroatoms. The standard InChI is InChI=1S/C21H23F2N5/c1-15-10-12-27(13-11-15)20(17-4-8-19(23)9-5-17)21-24-25-26-28(21)14-16-2-6-18(22)7-3-16/h2-9,15,20H,10-14H2,1H3/p+1/t20-/m0/s1. The van der Waals surface area contributed by atoms with E-state index >= 15 is 0 Å². The van der Waals surface area contributed by atoms with E-state index in [4.69, 9.17) is 0 Å². The second-order valence-corrected chi connectivity index (χ2v) is 7.65. The lowest BCUT2D eigenvalue weighted by molar-refractivity contribution is -0.932. The fourth-order valence-electron chi connectivity index (χ4n) is 3.94. The van der Waals surface area contributed by atoms with Crippen molar-refractivity contribution >= 4 is 0 Å². The van der Waals surface area contributed by atoms with Gasteiger partial charge in [0.2, 0.25) is 5.82 Å². The quantitative estimate of drug-likeness (QED) is 0.735. The molecular weight excluding hydrogens is 360 g/mol. The van der Waals surface area contributed by atoms with Gasteiger partial charge in [-0.2, -0.15) is 0 Å². The van der Waals surface area contributed by atoms with Crippen LogP contribution in [-0.2, 0) is 6.54 Å². The highest BCUT2D eigenvalue weighted by Crippen LogP contribution is 2.20. The number of aromatic nitrogens is 4. The van der Waals surface area contributed by atoms with Gasteiger partial charge in [-0.1, -0.05) is 19.1 Å². The van der Waals surface area contributed by atoms with Gasteiger partial charge in [0.15, 0.2) is 6.04 Å². The Morgan fingerprint density at radius 2 is 1.61 bits per heavy atom. The lowest BCUT2D eigenvalue weighted by Crippen LogP contribution is -3.13. The molecule has 3 aromatic rings. The van der Waals surface area contributed by atoms with Crippen molar-refractivity contribution in [2.45, 2.75) is 32.4 Å². The Bertz CT molecular complexity index is 899. The zero-order valence-corrected chi connectivity index (χ0v) is 15.9. The average Bonchev–Trinajstić information content (AvgIpc) is 3.14. The summed E-state index contributed by atoms with van der Waals surface area (Å²) in [5, 5.41) is 12.4. The van der Waals surface area contributed by atoms with E-state index in [1.165, 1.54) is 29.2 Å². The van der Waals surface area contributed by atoms with Gasteiger partial charge >= 0.3 is 0 Å². The molecule has 1 atom stereocenters. The third-order valence-corrected chi connectivity index (χ3v) is 5.59. The predicted molar refractivity (Wildman–Crippen MR) is 101 cm³/mol. The number of tetrazole rings is 1. The first-order chi connectivity index (χ1) is 13.6. The molecule has 4 rings (SSSR count). The number of nitrogens with one attached hydrogen (secondary N) is 1. The number of hydrogen-bond donors (Lipinski definition) is 1. The molecule has 0 unspecified atom stereocenters. The maximum atomic E-state index is 13.5. The van der Waals surface area contributed by atoms with Crippen LogP contribution in [0.4, 0.5) is 8.78 Å². The van der Waals surface area contributed by atoms with Gasteiger partial charge in [-0.3, -0.25) is 0 Å². The summed E-state index contributed by atoms with van der Waals surface area (Å²) in [5.41, 5.74) is 1.93. The lowest BCUT2D eigenvalue weighted by atomic mass is 9.95. The topological polar surface area (TPSA) is 48.0 Å². The van der Waals surface area contributed by atoms with Gasteiger partial charge in [-0.15, -0.1) is 5.10 Å². The van der Waals surface area contributed by atoms with Crippen molar-refractivity contribution in [3.05, 3.63) is 77.1 Å². The van der Waals surface area contributed by atoms with Crippen molar-refractivity contribution in [1.82, 2.24) is 20.2 Å². The molecule has 1 aromatic heterocycles. The Hall–Kier alpha value is -2.67. The van der Waals surface area contributed by atoms with Crippen LogP contribution >= 0.6 is 0 Å². The van der Waals surface area contributed by atoms with Crippen LogP contribution in [-0.4, -0.2) is 33.3 Å². The second kappa shape index (κ2) is 8.14. The summed E-state index contributed by atoms with van der Waals surface area (Å²) in [6.07, 6.45) is 2.29. The van der Waals surface area contributed by atoms with Gasteiger partial charge in [0.1, 0.15) is 11.6 Å². The molecule has 0 saturated carbocycles. The molecule has 1 aliphatic heterocycles. The Balaban J connectivity index is 1.67. The monoisotopic (exact) mass is 384 g/mol. The average molecular weight is 384 g/mol. The van der Waals surface area contributed by atoms with Crippen molar-refractivity contribution in [1.29, 1.82) is 0 Å². The molecule has 0 aliphatic carbocycles. The zero-order chi connectivity index (χ0) is 19.5. The summed E-state index contributed by atoms with van der Waals surface area (Å²) in [5.74, 6) is 0.945. The van der Waals surface area contributed by atoms with Gasteiger partial charge in [-0.05, 0) is 71.1 Å². The highest BCUT2D eigenvalue weighted by molar-refractivity contribution is 5.24. The van der Waals surface area contributed by atoms with Crippen molar-refractivity contribution in [3.8, 4) is 0 Å². The molecule has 0 radical (unpaired) electrons. The predicted octanol–water partition coefficient (Wildman–Crippen LogP) is 2.40. The highest BCUT2D eigenvalue weighted by Gasteiger charge is 2.33. The second-order valence-electron chi connectivity index (χ2n) is 7.65. The summed E-state index contributed by atoms with van der Waals surface area (Å²) in [7, 11) is 0. The minimum atomic E-state index is -0.267. The summed E-state index contributed by atoms with van der Waals surface area (Å²) in [4.78, 5) is 1.39. The van der Waals surface area contributed by atoms with Gasteiger partial charge in [0, 0.05) is 5.56 Å². The normalized spacial score (nSPS) is 20.8. The van der Waals surface area contributed by atoms with Crippen LogP contribution in [0, 0.1) is 17.6 Å². The number of likely N-dealkylation sites (tertiary alicyclic amines) is 1. The molecule has 146 valence electrons. The summed E-state index contributed by atoms with van der Waals surface area (Å²) in [6.45, 7) is 4.78. The molecular formula is C21H24F2N5+. The van der Waals surface area contributed by atoms with E-state index in [-0.39, 0.29) is 17.7 Å². The fourth-order valence-corrected chi connectivity index (χ4v) is 3.94. The fraction of sp³-hybridized carbons (Fsp3) is 0.381. The molecule has 1 fully saturated rings. The van der Waals surface area contributed by atoms with Crippen molar-refractivity contribution in [2.24, 2.45) is 5.92 Å². The smallest absolute Gasteiger partial charge is 0.214 e. The third-order valence-electron chi connectivity index (χ3n) is 5.59. The summed E-state index contributed by atoms with van der Waals surface area (Å²) in [6, 6.07) is 12.9. The van der Waals surface area contributed by atoms with Gasteiger partial charge in [0.05, 0.1) is 19.6 Å².